The van der Waals surface area contributed by atoms with E-state index in [9.17, 15) is 13.2 Å². The molecule has 0 aliphatic carbocycles. The summed E-state index contributed by atoms with van der Waals surface area (Å²) in [6, 6.07) is 15.6. The Labute approximate surface area is 196 Å². The molecule has 172 valence electrons. The summed E-state index contributed by atoms with van der Waals surface area (Å²) in [4.78, 5) is 12.4. The topological polar surface area (TPSA) is 63.7 Å². The second-order valence-corrected chi connectivity index (χ2v) is 9.91. The summed E-state index contributed by atoms with van der Waals surface area (Å²) < 4.78 is 33.8. The molecule has 2 aromatic rings. The van der Waals surface area contributed by atoms with E-state index in [4.69, 9.17) is 4.74 Å². The van der Waals surface area contributed by atoms with Crippen molar-refractivity contribution in [1.29, 1.82) is 0 Å². The van der Waals surface area contributed by atoms with Crippen molar-refractivity contribution in [3.05, 3.63) is 89.5 Å². The molecule has 2 aromatic carbocycles. The molecule has 1 heterocycles. The quantitative estimate of drug-likeness (QED) is 0.350. The van der Waals surface area contributed by atoms with E-state index in [-0.39, 0.29) is 11.4 Å². The lowest BCUT2D eigenvalue weighted by Crippen LogP contribution is -2.32. The third-order valence-corrected chi connectivity index (χ3v) is 7.48. The minimum absolute atomic E-state index is 0.0456. The molecule has 0 N–H and O–H groups in total. The Kier molecular flexibility index (Phi) is 7.91. The first-order valence-electron chi connectivity index (χ1n) is 10.9. The van der Waals surface area contributed by atoms with Gasteiger partial charge < -0.3 is 4.74 Å². The zero-order valence-electron chi connectivity index (χ0n) is 19.2. The standard InChI is InChI=1S/C27H29NO4S/c1-5-6-8-11-21(3)26-23(18-25(29)32-4)19-28(27(26)22-12-9-7-10-13-22)33(30,31)24-16-14-20(2)15-17-24/h7,9-10,12-18,26-27H,3,5-6,19H2,1-2,4H3/b23-18+. The van der Waals surface area contributed by atoms with Crippen LogP contribution in [0.3, 0.4) is 0 Å². The Morgan fingerprint density at radius 1 is 1.18 bits per heavy atom. The number of hydrogen-bond donors (Lipinski definition) is 0. The highest BCUT2D eigenvalue weighted by Crippen LogP contribution is 2.46. The predicted molar refractivity (Wildman–Crippen MR) is 130 cm³/mol. The van der Waals surface area contributed by atoms with Crippen LogP contribution in [0, 0.1) is 24.7 Å². The van der Waals surface area contributed by atoms with Crippen molar-refractivity contribution in [2.45, 2.75) is 37.6 Å². The highest BCUT2D eigenvalue weighted by Gasteiger charge is 2.46. The molecule has 0 saturated carbocycles. The summed E-state index contributed by atoms with van der Waals surface area (Å²) >= 11 is 0. The number of rotatable bonds is 6. The number of hydrogen-bond acceptors (Lipinski definition) is 4. The van der Waals surface area contributed by atoms with E-state index in [1.54, 1.807) is 24.3 Å². The van der Waals surface area contributed by atoms with E-state index in [1.807, 2.05) is 44.2 Å². The van der Waals surface area contributed by atoms with Gasteiger partial charge in [0.05, 0.1) is 18.0 Å². The van der Waals surface area contributed by atoms with Gasteiger partial charge in [0.2, 0.25) is 10.0 Å². The molecule has 33 heavy (non-hydrogen) atoms. The highest BCUT2D eigenvalue weighted by atomic mass is 32.2. The maximum Gasteiger partial charge on any atom is 0.330 e. The van der Waals surface area contributed by atoms with Gasteiger partial charge in [0.25, 0.3) is 0 Å². The number of carbonyl (C=O) groups excluding carboxylic acids is 1. The molecule has 0 spiro atoms. The third kappa shape index (κ3) is 5.44. The fraction of sp³-hybridized carbons (Fsp3) is 0.296. The van der Waals surface area contributed by atoms with Crippen LogP contribution in [-0.4, -0.2) is 32.3 Å². The van der Waals surface area contributed by atoms with Crippen molar-refractivity contribution >= 4 is 16.0 Å². The van der Waals surface area contributed by atoms with Gasteiger partial charge in [-0.1, -0.05) is 73.4 Å². The van der Waals surface area contributed by atoms with Crippen LogP contribution in [0.2, 0.25) is 0 Å². The molecular weight excluding hydrogens is 434 g/mol. The maximum atomic E-state index is 13.8. The number of nitrogens with zero attached hydrogens (tertiary/aromatic N) is 1. The molecule has 3 rings (SSSR count). The molecule has 2 atom stereocenters. The number of esters is 1. The van der Waals surface area contributed by atoms with Crippen molar-refractivity contribution in [2.75, 3.05) is 13.7 Å². The fourth-order valence-electron chi connectivity index (χ4n) is 3.97. The largest absolute Gasteiger partial charge is 0.466 e. The van der Waals surface area contributed by atoms with Crippen LogP contribution < -0.4 is 0 Å². The summed E-state index contributed by atoms with van der Waals surface area (Å²) in [5.41, 5.74) is 2.97. The second-order valence-electron chi connectivity index (χ2n) is 8.02. The van der Waals surface area contributed by atoms with Gasteiger partial charge in [0.1, 0.15) is 0 Å². The summed E-state index contributed by atoms with van der Waals surface area (Å²) in [5, 5.41) is 0. The van der Waals surface area contributed by atoms with Crippen LogP contribution in [0.4, 0.5) is 0 Å². The van der Waals surface area contributed by atoms with Gasteiger partial charge >= 0.3 is 5.97 Å². The van der Waals surface area contributed by atoms with Crippen LogP contribution in [0.15, 0.2) is 83.3 Å². The first kappa shape index (κ1) is 24.5. The molecule has 1 fully saturated rings. The van der Waals surface area contributed by atoms with Crippen molar-refractivity contribution < 1.29 is 17.9 Å². The van der Waals surface area contributed by atoms with E-state index in [2.05, 4.69) is 18.4 Å². The van der Waals surface area contributed by atoms with Gasteiger partial charge in [0.15, 0.2) is 0 Å². The van der Waals surface area contributed by atoms with E-state index in [0.29, 0.717) is 17.6 Å². The van der Waals surface area contributed by atoms with Crippen molar-refractivity contribution in [3.63, 3.8) is 0 Å². The van der Waals surface area contributed by atoms with E-state index in [1.165, 1.54) is 17.5 Å². The average molecular weight is 464 g/mol. The minimum atomic E-state index is -3.87. The minimum Gasteiger partial charge on any atom is -0.466 e. The average Bonchev–Trinajstić information content (AvgIpc) is 3.20. The molecule has 1 aliphatic rings. The lowest BCUT2D eigenvalue weighted by molar-refractivity contribution is -0.134. The fourth-order valence-corrected chi connectivity index (χ4v) is 5.59. The molecule has 2 unspecified atom stereocenters. The zero-order valence-corrected chi connectivity index (χ0v) is 20.1. The van der Waals surface area contributed by atoms with Gasteiger partial charge in [-0.25, -0.2) is 13.2 Å². The first-order chi connectivity index (χ1) is 15.8. The Morgan fingerprint density at radius 3 is 2.45 bits per heavy atom. The van der Waals surface area contributed by atoms with Crippen LogP contribution >= 0.6 is 0 Å². The van der Waals surface area contributed by atoms with Crippen molar-refractivity contribution in [1.82, 2.24) is 4.31 Å². The molecule has 6 heteroatoms. The van der Waals surface area contributed by atoms with E-state index < -0.39 is 28.0 Å². The first-order valence-corrected chi connectivity index (χ1v) is 12.3. The number of methoxy groups -OCH3 is 1. The number of sulfonamides is 1. The highest BCUT2D eigenvalue weighted by molar-refractivity contribution is 7.89. The molecule has 0 amide bonds. The second kappa shape index (κ2) is 10.7. The molecule has 5 nitrogen and oxygen atoms in total. The van der Waals surface area contributed by atoms with Crippen molar-refractivity contribution in [3.8, 4) is 11.8 Å². The predicted octanol–water partition coefficient (Wildman–Crippen LogP) is 4.82. The van der Waals surface area contributed by atoms with Gasteiger partial charge in [-0.05, 0) is 36.6 Å². The SMILES string of the molecule is C=C(C#CCCC)C1/C(=C/C(=O)OC)CN(S(=O)(=O)c2ccc(C)cc2)C1c1ccccc1. The smallest absolute Gasteiger partial charge is 0.330 e. The molecule has 1 saturated heterocycles. The van der Waals surface area contributed by atoms with E-state index in [0.717, 1.165) is 17.5 Å². The van der Waals surface area contributed by atoms with Crippen LogP contribution in [0.25, 0.3) is 0 Å². The third-order valence-electron chi connectivity index (χ3n) is 5.64. The summed E-state index contributed by atoms with van der Waals surface area (Å²) in [6.07, 6.45) is 2.99. The van der Waals surface area contributed by atoms with E-state index >= 15 is 0 Å². The Hall–Kier alpha value is -3.14. The summed E-state index contributed by atoms with van der Waals surface area (Å²) in [6.45, 7) is 8.17. The molecular formula is C27H29NO4S. The Morgan fingerprint density at radius 2 is 1.85 bits per heavy atom. The zero-order chi connectivity index (χ0) is 24.0. The Balaban J connectivity index is 2.18. The number of ether oxygens (including phenoxy) is 1. The Bertz CT molecular complexity index is 1200. The number of unbranched alkanes of at least 4 members (excludes halogenated alkanes) is 1. The lowest BCUT2D eigenvalue weighted by Gasteiger charge is -2.28. The van der Waals surface area contributed by atoms with Gasteiger partial charge in [-0.3, -0.25) is 0 Å². The normalized spacial score (nSPS) is 19.7. The van der Waals surface area contributed by atoms with Crippen LogP contribution in [-0.2, 0) is 19.6 Å². The number of aryl methyl sites for hydroxylation is 1. The summed E-state index contributed by atoms with van der Waals surface area (Å²) in [5.74, 6) is 5.20. The summed E-state index contributed by atoms with van der Waals surface area (Å²) in [7, 11) is -2.57. The molecule has 1 aliphatic heterocycles. The maximum absolute atomic E-state index is 13.8. The number of benzene rings is 2. The van der Waals surface area contributed by atoms with Crippen molar-refractivity contribution in [2.24, 2.45) is 5.92 Å². The van der Waals surface area contributed by atoms with Crippen LogP contribution in [0.1, 0.15) is 36.9 Å². The lowest BCUT2D eigenvalue weighted by atomic mass is 9.85. The molecule has 0 radical (unpaired) electrons. The molecule has 0 bridgehead atoms. The van der Waals surface area contributed by atoms with Crippen LogP contribution in [0.5, 0.6) is 0 Å². The van der Waals surface area contributed by atoms with Gasteiger partial charge in [0, 0.05) is 30.5 Å². The van der Waals surface area contributed by atoms with Gasteiger partial charge in [-0.15, -0.1) is 0 Å². The molecule has 0 aromatic heterocycles. The number of carbonyl (C=O) groups is 1. The van der Waals surface area contributed by atoms with Gasteiger partial charge in [-0.2, -0.15) is 4.31 Å². The monoisotopic (exact) mass is 463 g/mol.